The summed E-state index contributed by atoms with van der Waals surface area (Å²) in [6, 6.07) is 0. The van der Waals surface area contributed by atoms with E-state index in [1.807, 2.05) is 0 Å². The van der Waals surface area contributed by atoms with E-state index in [1.165, 1.54) is 161 Å². The van der Waals surface area contributed by atoms with Crippen LogP contribution in [-0.4, -0.2) is 37.2 Å². The number of hydrogen-bond donors (Lipinski definition) is 0. The van der Waals surface area contributed by atoms with Crippen LogP contribution >= 0.6 is 0 Å². The van der Waals surface area contributed by atoms with Crippen LogP contribution in [0.2, 0.25) is 0 Å². The maximum atomic E-state index is 12.7. The van der Waals surface area contributed by atoms with Gasteiger partial charge in [-0.25, -0.2) is 0 Å². The first-order valence-electron chi connectivity index (χ1n) is 24.2. The fourth-order valence-electron chi connectivity index (χ4n) is 7.08. The number of esters is 3. The van der Waals surface area contributed by atoms with Gasteiger partial charge >= 0.3 is 17.9 Å². The molecular weight excluding hydrogens is 685 g/mol. The highest BCUT2D eigenvalue weighted by Crippen LogP contribution is 2.15. The molecule has 0 radical (unpaired) electrons. The van der Waals surface area contributed by atoms with Crippen molar-refractivity contribution in [2.75, 3.05) is 13.2 Å². The molecule has 0 heterocycles. The van der Waals surface area contributed by atoms with Gasteiger partial charge in [0.1, 0.15) is 13.2 Å². The van der Waals surface area contributed by atoms with E-state index < -0.39 is 6.10 Å². The van der Waals surface area contributed by atoms with Gasteiger partial charge in [0.05, 0.1) is 0 Å². The Morgan fingerprint density at radius 3 is 0.945 bits per heavy atom. The monoisotopic (exact) mass is 777 g/mol. The van der Waals surface area contributed by atoms with Gasteiger partial charge in [-0.3, -0.25) is 14.4 Å². The first-order valence-corrected chi connectivity index (χ1v) is 24.2. The molecule has 324 valence electrons. The fraction of sp³-hybridized carbons (Fsp3) is 0.898. The molecule has 0 aliphatic carbocycles. The first-order chi connectivity index (χ1) is 27.0. The van der Waals surface area contributed by atoms with Gasteiger partial charge in [-0.1, -0.05) is 213 Å². The third-order valence-corrected chi connectivity index (χ3v) is 10.8. The van der Waals surface area contributed by atoms with Crippen LogP contribution in [-0.2, 0) is 28.6 Å². The lowest BCUT2D eigenvalue weighted by Gasteiger charge is -2.18. The summed E-state index contributed by atoms with van der Waals surface area (Å²) in [5.74, 6) is -0.866. The zero-order chi connectivity index (χ0) is 40.1. The van der Waals surface area contributed by atoms with Crippen molar-refractivity contribution in [3.8, 4) is 0 Å². The number of rotatable bonds is 44. The molecule has 0 aromatic heterocycles. The summed E-state index contributed by atoms with van der Waals surface area (Å²) in [4.78, 5) is 37.8. The molecule has 0 amide bonds. The second-order valence-corrected chi connectivity index (χ2v) is 16.4. The van der Waals surface area contributed by atoms with Crippen molar-refractivity contribution < 1.29 is 28.6 Å². The third kappa shape index (κ3) is 43.1. The Hall–Kier alpha value is -1.85. The van der Waals surface area contributed by atoms with Gasteiger partial charge in [0.2, 0.25) is 0 Å². The number of carbonyl (C=O) groups is 3. The predicted octanol–water partition coefficient (Wildman–Crippen LogP) is 15.4. The Morgan fingerprint density at radius 1 is 0.345 bits per heavy atom. The molecule has 0 aromatic rings. The van der Waals surface area contributed by atoms with Crippen LogP contribution in [0.25, 0.3) is 0 Å². The standard InChI is InChI=1S/C49H92O6/c1-4-7-10-13-16-19-22-25-28-30-33-36-39-42-48(51)54-45-46(55-49(52)43-40-37-34-31-27-24-21-18-15-12-9-6-3)44-53-47(50)41-38-35-32-29-26-23-20-17-14-11-8-5-2/h18,21,46H,4-17,19-20,22-45H2,1-3H3/b21-18-. The highest BCUT2D eigenvalue weighted by molar-refractivity contribution is 5.71. The lowest BCUT2D eigenvalue weighted by molar-refractivity contribution is -0.167. The molecule has 55 heavy (non-hydrogen) atoms. The molecule has 0 fully saturated rings. The van der Waals surface area contributed by atoms with E-state index in [0.29, 0.717) is 19.3 Å². The first kappa shape index (κ1) is 53.1. The van der Waals surface area contributed by atoms with E-state index in [9.17, 15) is 14.4 Å². The summed E-state index contributed by atoms with van der Waals surface area (Å²) in [6.07, 6.45) is 47.6. The smallest absolute Gasteiger partial charge is 0.306 e. The molecule has 0 aliphatic heterocycles. The number of ether oxygens (including phenoxy) is 3. The van der Waals surface area contributed by atoms with E-state index in [2.05, 4.69) is 32.9 Å². The maximum Gasteiger partial charge on any atom is 0.306 e. The van der Waals surface area contributed by atoms with Crippen molar-refractivity contribution >= 4 is 17.9 Å². The van der Waals surface area contributed by atoms with Crippen molar-refractivity contribution in [3.05, 3.63) is 12.2 Å². The molecule has 1 unspecified atom stereocenters. The lowest BCUT2D eigenvalue weighted by atomic mass is 10.0. The van der Waals surface area contributed by atoms with Crippen LogP contribution in [0.5, 0.6) is 0 Å². The Labute approximate surface area is 341 Å². The van der Waals surface area contributed by atoms with Crippen LogP contribution in [0.1, 0.15) is 265 Å². The molecule has 0 aliphatic rings. The van der Waals surface area contributed by atoms with E-state index in [0.717, 1.165) is 64.2 Å². The summed E-state index contributed by atoms with van der Waals surface area (Å²) in [6.45, 7) is 6.62. The molecule has 0 saturated carbocycles. The van der Waals surface area contributed by atoms with Gasteiger partial charge in [0.25, 0.3) is 0 Å². The average Bonchev–Trinajstić information content (AvgIpc) is 3.18. The minimum absolute atomic E-state index is 0.0686. The van der Waals surface area contributed by atoms with E-state index in [-0.39, 0.29) is 31.1 Å². The van der Waals surface area contributed by atoms with Crippen molar-refractivity contribution in [2.24, 2.45) is 0 Å². The van der Waals surface area contributed by atoms with Crippen LogP contribution in [0.3, 0.4) is 0 Å². The summed E-state index contributed by atoms with van der Waals surface area (Å²) < 4.78 is 16.7. The van der Waals surface area contributed by atoms with E-state index in [4.69, 9.17) is 14.2 Å². The second kappa shape index (κ2) is 44.9. The van der Waals surface area contributed by atoms with Gasteiger partial charge in [-0.05, 0) is 44.9 Å². The zero-order valence-corrected chi connectivity index (χ0v) is 37.0. The molecule has 6 heteroatoms. The van der Waals surface area contributed by atoms with Gasteiger partial charge in [-0.15, -0.1) is 0 Å². The van der Waals surface area contributed by atoms with Crippen LogP contribution < -0.4 is 0 Å². The molecule has 0 spiro atoms. The molecule has 0 rings (SSSR count). The minimum Gasteiger partial charge on any atom is -0.462 e. The topological polar surface area (TPSA) is 78.9 Å². The Bertz CT molecular complexity index is 854. The number of hydrogen-bond acceptors (Lipinski definition) is 6. The van der Waals surface area contributed by atoms with Gasteiger partial charge in [-0.2, -0.15) is 0 Å². The van der Waals surface area contributed by atoms with Crippen molar-refractivity contribution in [1.82, 2.24) is 0 Å². The molecule has 0 N–H and O–H groups in total. The summed E-state index contributed by atoms with van der Waals surface area (Å²) in [5.41, 5.74) is 0. The Kier molecular flexibility index (Phi) is 43.4. The summed E-state index contributed by atoms with van der Waals surface area (Å²) >= 11 is 0. The highest BCUT2D eigenvalue weighted by Gasteiger charge is 2.19. The minimum atomic E-state index is -0.766. The summed E-state index contributed by atoms with van der Waals surface area (Å²) in [7, 11) is 0. The lowest BCUT2D eigenvalue weighted by Crippen LogP contribution is -2.30. The molecule has 0 aromatic carbocycles. The third-order valence-electron chi connectivity index (χ3n) is 10.8. The highest BCUT2D eigenvalue weighted by atomic mass is 16.6. The maximum absolute atomic E-state index is 12.7. The Balaban J connectivity index is 4.34. The van der Waals surface area contributed by atoms with E-state index >= 15 is 0 Å². The average molecular weight is 777 g/mol. The van der Waals surface area contributed by atoms with Gasteiger partial charge in [0.15, 0.2) is 6.10 Å². The zero-order valence-electron chi connectivity index (χ0n) is 37.0. The van der Waals surface area contributed by atoms with Crippen LogP contribution in [0.4, 0.5) is 0 Å². The number of carbonyl (C=O) groups excluding carboxylic acids is 3. The number of unbranched alkanes of at least 4 members (excludes halogenated alkanes) is 31. The van der Waals surface area contributed by atoms with Crippen molar-refractivity contribution in [2.45, 2.75) is 271 Å². The largest absolute Gasteiger partial charge is 0.462 e. The fourth-order valence-corrected chi connectivity index (χ4v) is 7.08. The van der Waals surface area contributed by atoms with Gasteiger partial charge in [0, 0.05) is 19.3 Å². The molecule has 1 atom stereocenters. The SMILES string of the molecule is CCCCC/C=C\CCCCCCCC(=O)OC(COC(=O)CCCCCCCCCCCCCC)COC(=O)CCCCCCCCCCCCCCC. The molecule has 6 nitrogen and oxygen atoms in total. The quantitative estimate of drug-likeness (QED) is 0.0265. The van der Waals surface area contributed by atoms with Crippen LogP contribution in [0, 0.1) is 0 Å². The normalized spacial score (nSPS) is 12.0. The van der Waals surface area contributed by atoms with Crippen molar-refractivity contribution in [1.29, 1.82) is 0 Å². The van der Waals surface area contributed by atoms with Crippen molar-refractivity contribution in [3.63, 3.8) is 0 Å². The molecule has 0 saturated heterocycles. The summed E-state index contributed by atoms with van der Waals surface area (Å²) in [5, 5.41) is 0. The molecular formula is C49H92O6. The van der Waals surface area contributed by atoms with Crippen LogP contribution in [0.15, 0.2) is 12.2 Å². The Morgan fingerprint density at radius 2 is 0.600 bits per heavy atom. The van der Waals surface area contributed by atoms with E-state index in [1.54, 1.807) is 0 Å². The number of allylic oxidation sites excluding steroid dienone is 2. The molecule has 0 bridgehead atoms. The van der Waals surface area contributed by atoms with Gasteiger partial charge < -0.3 is 14.2 Å². The second-order valence-electron chi connectivity index (χ2n) is 16.4. The predicted molar refractivity (Wildman–Crippen MR) is 233 cm³/mol.